The third kappa shape index (κ3) is 5.06. The summed E-state index contributed by atoms with van der Waals surface area (Å²) in [6, 6.07) is 9.97. The highest BCUT2D eigenvalue weighted by molar-refractivity contribution is 9.10. The molecule has 1 atom stereocenters. The van der Waals surface area contributed by atoms with E-state index >= 15 is 0 Å². The molecular formula is C11H15BrO. The summed E-state index contributed by atoms with van der Waals surface area (Å²) < 4.78 is 6.29. The molecule has 0 aromatic heterocycles. The Labute approximate surface area is 88.2 Å². The summed E-state index contributed by atoms with van der Waals surface area (Å²) in [6.45, 7) is 3.11. The first-order valence-electron chi connectivity index (χ1n) is 4.61. The average Bonchev–Trinajstić information content (AvgIpc) is 2.58. The van der Waals surface area contributed by atoms with Gasteiger partial charge in [0.25, 0.3) is 0 Å². The van der Waals surface area contributed by atoms with Gasteiger partial charge in [0.05, 0.1) is 6.10 Å². The van der Waals surface area contributed by atoms with E-state index in [2.05, 4.69) is 22.9 Å². The summed E-state index contributed by atoms with van der Waals surface area (Å²) in [5, 5.41) is 0. The standard InChI is InChI=1S/C6H5Br.C5H10O/c7-6-4-2-1-3-5-6;1-5-3-2-4-6-5/h1-5H;5H,2-4H2,1H3. The maximum Gasteiger partial charge on any atom is 0.0547 e. The van der Waals surface area contributed by atoms with Crippen LogP contribution >= 0.6 is 15.9 Å². The van der Waals surface area contributed by atoms with Crippen LogP contribution in [0, 0.1) is 0 Å². The summed E-state index contributed by atoms with van der Waals surface area (Å²) in [5.41, 5.74) is 0. The Hall–Kier alpha value is -0.340. The molecular weight excluding hydrogens is 228 g/mol. The number of halogens is 1. The van der Waals surface area contributed by atoms with Gasteiger partial charge in [-0.3, -0.25) is 0 Å². The van der Waals surface area contributed by atoms with Gasteiger partial charge >= 0.3 is 0 Å². The van der Waals surface area contributed by atoms with Gasteiger partial charge in [-0.25, -0.2) is 0 Å². The van der Waals surface area contributed by atoms with E-state index in [4.69, 9.17) is 4.74 Å². The summed E-state index contributed by atoms with van der Waals surface area (Å²) in [4.78, 5) is 0. The summed E-state index contributed by atoms with van der Waals surface area (Å²) in [5.74, 6) is 0. The molecule has 72 valence electrons. The number of ether oxygens (including phenoxy) is 1. The summed E-state index contributed by atoms with van der Waals surface area (Å²) in [7, 11) is 0. The summed E-state index contributed by atoms with van der Waals surface area (Å²) >= 11 is 3.31. The Morgan fingerprint density at radius 2 is 2.00 bits per heavy atom. The molecule has 1 fully saturated rings. The highest BCUT2D eigenvalue weighted by Gasteiger charge is 2.07. The van der Waals surface area contributed by atoms with Gasteiger partial charge in [-0.2, -0.15) is 0 Å². The van der Waals surface area contributed by atoms with E-state index in [0.29, 0.717) is 6.10 Å². The minimum Gasteiger partial charge on any atom is -0.379 e. The molecule has 1 aromatic carbocycles. The maximum absolute atomic E-state index is 5.15. The predicted molar refractivity (Wildman–Crippen MR) is 58.8 cm³/mol. The molecule has 2 heteroatoms. The molecule has 0 N–H and O–H groups in total. The van der Waals surface area contributed by atoms with E-state index in [9.17, 15) is 0 Å². The molecule has 1 aliphatic rings. The van der Waals surface area contributed by atoms with Gasteiger partial charge in [-0.15, -0.1) is 0 Å². The van der Waals surface area contributed by atoms with E-state index in [1.54, 1.807) is 0 Å². The van der Waals surface area contributed by atoms with Gasteiger partial charge in [0.2, 0.25) is 0 Å². The summed E-state index contributed by atoms with van der Waals surface area (Å²) in [6.07, 6.45) is 3.08. The van der Waals surface area contributed by atoms with Gasteiger partial charge in [0.15, 0.2) is 0 Å². The monoisotopic (exact) mass is 242 g/mol. The molecule has 1 unspecified atom stereocenters. The van der Waals surface area contributed by atoms with Gasteiger partial charge < -0.3 is 4.74 Å². The lowest BCUT2D eigenvalue weighted by atomic mass is 10.3. The lowest BCUT2D eigenvalue weighted by Gasteiger charge is -1.94. The smallest absolute Gasteiger partial charge is 0.0547 e. The van der Waals surface area contributed by atoms with Crippen molar-refractivity contribution in [3.05, 3.63) is 34.8 Å². The van der Waals surface area contributed by atoms with Crippen molar-refractivity contribution in [1.82, 2.24) is 0 Å². The third-order valence-corrected chi connectivity index (χ3v) is 2.42. The number of rotatable bonds is 0. The molecule has 0 radical (unpaired) electrons. The lowest BCUT2D eigenvalue weighted by molar-refractivity contribution is 0.125. The molecule has 0 bridgehead atoms. The average molecular weight is 243 g/mol. The van der Waals surface area contributed by atoms with Gasteiger partial charge in [0, 0.05) is 11.1 Å². The van der Waals surface area contributed by atoms with Crippen LogP contribution in [0.5, 0.6) is 0 Å². The van der Waals surface area contributed by atoms with E-state index in [-0.39, 0.29) is 0 Å². The molecule has 1 saturated heterocycles. The number of hydrogen-bond acceptors (Lipinski definition) is 1. The van der Waals surface area contributed by atoms with Crippen LogP contribution in [0.25, 0.3) is 0 Å². The van der Waals surface area contributed by atoms with Crippen molar-refractivity contribution < 1.29 is 4.74 Å². The zero-order valence-electron chi connectivity index (χ0n) is 7.87. The van der Waals surface area contributed by atoms with Gasteiger partial charge in [-0.1, -0.05) is 34.1 Å². The van der Waals surface area contributed by atoms with Crippen LogP contribution < -0.4 is 0 Å². The van der Waals surface area contributed by atoms with E-state index in [0.717, 1.165) is 11.1 Å². The van der Waals surface area contributed by atoms with Crippen LogP contribution in [0.2, 0.25) is 0 Å². The minimum absolute atomic E-state index is 0.546. The molecule has 1 nitrogen and oxygen atoms in total. The molecule has 0 saturated carbocycles. The van der Waals surface area contributed by atoms with E-state index in [1.807, 2.05) is 30.3 Å². The first kappa shape index (κ1) is 10.7. The van der Waals surface area contributed by atoms with Crippen molar-refractivity contribution in [3.63, 3.8) is 0 Å². The van der Waals surface area contributed by atoms with Crippen molar-refractivity contribution in [2.24, 2.45) is 0 Å². The van der Waals surface area contributed by atoms with E-state index < -0.39 is 0 Å². The van der Waals surface area contributed by atoms with Crippen LogP contribution in [-0.4, -0.2) is 12.7 Å². The van der Waals surface area contributed by atoms with Crippen LogP contribution in [0.3, 0.4) is 0 Å². The van der Waals surface area contributed by atoms with Crippen LogP contribution in [0.4, 0.5) is 0 Å². The van der Waals surface area contributed by atoms with Crippen molar-refractivity contribution >= 4 is 15.9 Å². The maximum atomic E-state index is 5.15. The van der Waals surface area contributed by atoms with E-state index in [1.165, 1.54) is 12.8 Å². The van der Waals surface area contributed by atoms with Crippen molar-refractivity contribution in [2.45, 2.75) is 25.9 Å². The fourth-order valence-corrected chi connectivity index (χ4v) is 1.46. The Morgan fingerprint density at radius 3 is 2.23 bits per heavy atom. The Kier molecular flexibility index (Phi) is 5.09. The largest absolute Gasteiger partial charge is 0.379 e. The Bertz CT molecular complexity index is 217. The number of hydrogen-bond donors (Lipinski definition) is 0. The first-order valence-corrected chi connectivity index (χ1v) is 5.40. The fourth-order valence-electron chi connectivity index (χ4n) is 1.15. The van der Waals surface area contributed by atoms with Crippen LogP contribution in [0.1, 0.15) is 19.8 Å². The Balaban J connectivity index is 0.000000132. The molecule has 13 heavy (non-hydrogen) atoms. The second kappa shape index (κ2) is 6.17. The molecule has 0 amide bonds. The molecule has 1 aliphatic heterocycles. The van der Waals surface area contributed by atoms with Crippen LogP contribution in [0.15, 0.2) is 34.8 Å². The second-order valence-electron chi connectivity index (χ2n) is 3.12. The highest BCUT2D eigenvalue weighted by Crippen LogP contribution is 2.09. The van der Waals surface area contributed by atoms with Crippen molar-refractivity contribution in [2.75, 3.05) is 6.61 Å². The highest BCUT2D eigenvalue weighted by atomic mass is 79.9. The fraction of sp³-hybridized carbons (Fsp3) is 0.455. The second-order valence-corrected chi connectivity index (χ2v) is 4.03. The lowest BCUT2D eigenvalue weighted by Crippen LogP contribution is -1.94. The molecule has 0 aliphatic carbocycles. The van der Waals surface area contributed by atoms with Gasteiger partial charge in [-0.05, 0) is 31.9 Å². The quantitative estimate of drug-likeness (QED) is 0.676. The minimum atomic E-state index is 0.546. The zero-order chi connectivity index (χ0) is 9.52. The molecule has 1 aromatic rings. The first-order chi connectivity index (χ1) is 6.29. The molecule has 1 heterocycles. The Morgan fingerprint density at radius 1 is 1.31 bits per heavy atom. The topological polar surface area (TPSA) is 9.23 Å². The third-order valence-electron chi connectivity index (χ3n) is 1.89. The normalized spacial score (nSPS) is 20.6. The molecule has 0 spiro atoms. The van der Waals surface area contributed by atoms with Crippen molar-refractivity contribution in [1.29, 1.82) is 0 Å². The SMILES string of the molecule is Brc1ccccc1.CC1CCCO1. The zero-order valence-corrected chi connectivity index (χ0v) is 9.46. The number of benzene rings is 1. The predicted octanol–water partition coefficient (Wildman–Crippen LogP) is 3.63. The van der Waals surface area contributed by atoms with Crippen LogP contribution in [-0.2, 0) is 4.74 Å². The van der Waals surface area contributed by atoms with Gasteiger partial charge in [0.1, 0.15) is 0 Å². The molecule has 2 rings (SSSR count). The van der Waals surface area contributed by atoms with Crippen molar-refractivity contribution in [3.8, 4) is 0 Å².